The van der Waals surface area contributed by atoms with Gasteiger partial charge in [-0.05, 0) is 41.3 Å². The van der Waals surface area contributed by atoms with E-state index >= 15 is 0 Å². The van der Waals surface area contributed by atoms with Gasteiger partial charge in [0.25, 0.3) is 5.91 Å². The minimum atomic E-state index is -0.462. The average molecular weight is 437 g/mol. The smallest absolute Gasteiger partial charge is 0.251 e. The molecule has 4 aromatic rings. The molecule has 0 saturated carbocycles. The molecule has 5 nitrogen and oxygen atoms in total. The van der Waals surface area contributed by atoms with Gasteiger partial charge in [-0.15, -0.1) is 0 Å². The monoisotopic (exact) mass is 436 g/mol. The molecule has 2 heterocycles. The number of nitrogens with one attached hydrogen (secondary N) is 1. The average Bonchev–Trinajstić information content (AvgIpc) is 3.09. The quantitative estimate of drug-likeness (QED) is 0.465. The first kappa shape index (κ1) is 21.0. The summed E-state index contributed by atoms with van der Waals surface area (Å²) in [5.74, 6) is -0.846. The van der Waals surface area contributed by atoms with Gasteiger partial charge in [-0.25, -0.2) is 13.9 Å². The zero-order chi connectivity index (χ0) is 22.2. The molecule has 0 fully saturated rings. The van der Waals surface area contributed by atoms with Crippen molar-refractivity contribution in [1.29, 1.82) is 0 Å². The van der Waals surface area contributed by atoms with Crippen molar-refractivity contribution in [1.82, 2.24) is 19.9 Å². The minimum absolute atomic E-state index is 0.0360. The molecule has 7 heteroatoms. The van der Waals surface area contributed by atoms with Crippen molar-refractivity contribution in [2.45, 2.75) is 32.7 Å². The fraction of sp³-hybridized carbons (Fsp3) is 0.208. The van der Waals surface area contributed by atoms with Gasteiger partial charge in [0, 0.05) is 11.1 Å². The molecule has 2 aromatic carbocycles. The molecule has 0 bridgehead atoms. The van der Waals surface area contributed by atoms with Crippen molar-refractivity contribution in [3.05, 3.63) is 88.5 Å². The molecule has 4 rings (SSSR count). The number of nitrogens with zero attached hydrogens (tertiary/aromatic N) is 3. The zero-order valence-electron chi connectivity index (χ0n) is 17.5. The van der Waals surface area contributed by atoms with Crippen LogP contribution in [-0.2, 0) is 12.0 Å². The summed E-state index contributed by atoms with van der Waals surface area (Å²) in [4.78, 5) is 17.3. The Balaban J connectivity index is 1.71. The van der Waals surface area contributed by atoms with Crippen LogP contribution in [0.3, 0.4) is 0 Å². The highest BCUT2D eigenvalue weighted by Crippen LogP contribution is 2.28. The predicted molar refractivity (Wildman–Crippen MR) is 120 cm³/mol. The number of fused-ring (bicyclic) bond motifs is 1. The van der Waals surface area contributed by atoms with E-state index in [1.165, 1.54) is 23.8 Å². The van der Waals surface area contributed by atoms with E-state index in [1.807, 2.05) is 12.1 Å². The summed E-state index contributed by atoms with van der Waals surface area (Å²) >= 11 is 6.10. The maximum Gasteiger partial charge on any atom is 0.251 e. The van der Waals surface area contributed by atoms with Crippen molar-refractivity contribution in [3.8, 4) is 11.3 Å². The Hall–Kier alpha value is -3.25. The number of amides is 1. The van der Waals surface area contributed by atoms with Crippen molar-refractivity contribution in [2.24, 2.45) is 0 Å². The summed E-state index contributed by atoms with van der Waals surface area (Å²) in [5.41, 5.74) is 4.41. The molecule has 0 aliphatic heterocycles. The number of hydrogen-bond donors (Lipinski definition) is 1. The van der Waals surface area contributed by atoms with Crippen LogP contribution in [-0.4, -0.2) is 20.5 Å². The molecule has 0 aliphatic rings. The first-order valence-corrected chi connectivity index (χ1v) is 10.3. The van der Waals surface area contributed by atoms with Crippen molar-refractivity contribution in [3.63, 3.8) is 0 Å². The van der Waals surface area contributed by atoms with E-state index in [2.05, 4.69) is 43.3 Å². The molecule has 1 amide bonds. The molecular formula is C24H22ClFN4O. The first-order valence-electron chi connectivity index (χ1n) is 9.91. The molecule has 2 aromatic heterocycles. The number of hydrogen-bond acceptors (Lipinski definition) is 3. The number of imidazole rings is 1. The summed E-state index contributed by atoms with van der Waals surface area (Å²) < 4.78 is 15.1. The van der Waals surface area contributed by atoms with Gasteiger partial charge in [-0.3, -0.25) is 4.79 Å². The fourth-order valence-electron chi connectivity index (χ4n) is 3.37. The Morgan fingerprint density at radius 1 is 1.10 bits per heavy atom. The lowest BCUT2D eigenvalue weighted by Gasteiger charge is -2.19. The molecular weight excluding hydrogens is 415 g/mol. The molecule has 158 valence electrons. The summed E-state index contributed by atoms with van der Waals surface area (Å²) in [6.07, 6.45) is 0. The van der Waals surface area contributed by atoms with Crippen LogP contribution in [0.5, 0.6) is 0 Å². The third-order valence-corrected chi connectivity index (χ3v) is 5.27. The van der Waals surface area contributed by atoms with Gasteiger partial charge in [0.15, 0.2) is 5.65 Å². The zero-order valence-corrected chi connectivity index (χ0v) is 18.2. The Morgan fingerprint density at radius 2 is 1.84 bits per heavy atom. The standard InChI is InChI=1S/C24H22ClFN4O/c1-24(2,3)17-9-7-15(8-10-17)22-19(30-21(28-22)12-11-20(25)29-30)14-27-23(31)16-5-4-6-18(26)13-16/h4-13H,14H2,1-3H3,(H,27,31). The lowest BCUT2D eigenvalue weighted by atomic mass is 9.86. The number of carbonyl (C=O) groups is 1. The van der Waals surface area contributed by atoms with Gasteiger partial charge >= 0.3 is 0 Å². The number of carbonyl (C=O) groups excluding carboxylic acids is 1. The minimum Gasteiger partial charge on any atom is -0.346 e. The normalized spacial score (nSPS) is 11.6. The Bertz CT molecular complexity index is 1260. The maximum atomic E-state index is 13.5. The van der Waals surface area contributed by atoms with Crippen LogP contribution in [0.25, 0.3) is 16.9 Å². The van der Waals surface area contributed by atoms with Gasteiger partial charge in [0.05, 0.1) is 17.9 Å². The molecule has 0 radical (unpaired) electrons. The highest BCUT2D eigenvalue weighted by Gasteiger charge is 2.19. The van der Waals surface area contributed by atoms with E-state index < -0.39 is 5.82 Å². The van der Waals surface area contributed by atoms with Gasteiger partial charge < -0.3 is 5.32 Å². The van der Waals surface area contributed by atoms with Gasteiger partial charge in [-0.2, -0.15) is 5.10 Å². The SMILES string of the molecule is CC(C)(C)c1ccc(-c2nc3ccc(Cl)nn3c2CNC(=O)c2cccc(F)c2)cc1. The van der Waals surface area contributed by atoms with Crippen molar-refractivity contribution in [2.75, 3.05) is 0 Å². The van der Waals surface area contributed by atoms with Crippen LogP contribution in [0.2, 0.25) is 5.15 Å². The van der Waals surface area contributed by atoms with Crippen molar-refractivity contribution >= 4 is 23.2 Å². The van der Waals surface area contributed by atoms with Gasteiger partial charge in [-0.1, -0.05) is 62.7 Å². The van der Waals surface area contributed by atoms with Crippen LogP contribution >= 0.6 is 11.6 Å². The Morgan fingerprint density at radius 3 is 2.52 bits per heavy atom. The van der Waals surface area contributed by atoms with Crippen LogP contribution < -0.4 is 5.32 Å². The number of benzene rings is 2. The third kappa shape index (κ3) is 4.44. The summed E-state index contributed by atoms with van der Waals surface area (Å²) in [7, 11) is 0. The number of aromatic nitrogens is 3. The predicted octanol–water partition coefficient (Wildman–Crippen LogP) is 5.42. The van der Waals surface area contributed by atoms with E-state index in [1.54, 1.807) is 22.7 Å². The summed E-state index contributed by atoms with van der Waals surface area (Å²) in [6.45, 7) is 6.63. The third-order valence-electron chi connectivity index (χ3n) is 5.07. The largest absolute Gasteiger partial charge is 0.346 e. The van der Waals surface area contributed by atoms with Crippen LogP contribution in [0, 0.1) is 5.82 Å². The summed E-state index contributed by atoms with van der Waals surface area (Å²) in [5, 5.41) is 7.51. The summed E-state index contributed by atoms with van der Waals surface area (Å²) in [6, 6.07) is 17.2. The Kier molecular flexibility index (Phi) is 5.50. The lowest BCUT2D eigenvalue weighted by molar-refractivity contribution is 0.0950. The van der Waals surface area contributed by atoms with E-state index in [0.29, 0.717) is 22.2 Å². The van der Waals surface area contributed by atoms with E-state index in [0.717, 1.165) is 5.56 Å². The molecule has 0 saturated heterocycles. The second-order valence-corrected chi connectivity index (χ2v) is 8.74. The van der Waals surface area contributed by atoms with E-state index in [9.17, 15) is 9.18 Å². The maximum absolute atomic E-state index is 13.5. The van der Waals surface area contributed by atoms with Crippen LogP contribution in [0.1, 0.15) is 42.4 Å². The highest BCUT2D eigenvalue weighted by atomic mass is 35.5. The van der Waals surface area contributed by atoms with E-state index in [4.69, 9.17) is 16.6 Å². The highest BCUT2D eigenvalue weighted by molar-refractivity contribution is 6.29. The Labute approximate surface area is 184 Å². The molecule has 0 spiro atoms. The molecule has 0 unspecified atom stereocenters. The van der Waals surface area contributed by atoms with Crippen molar-refractivity contribution < 1.29 is 9.18 Å². The number of rotatable bonds is 4. The van der Waals surface area contributed by atoms with Gasteiger partial charge in [0.1, 0.15) is 11.0 Å². The second-order valence-electron chi connectivity index (χ2n) is 8.35. The number of halogens is 2. The van der Waals surface area contributed by atoms with E-state index in [-0.39, 0.29) is 23.4 Å². The lowest BCUT2D eigenvalue weighted by Crippen LogP contribution is -2.24. The van der Waals surface area contributed by atoms with Gasteiger partial charge in [0.2, 0.25) is 0 Å². The molecule has 0 aliphatic carbocycles. The molecule has 31 heavy (non-hydrogen) atoms. The first-order chi connectivity index (χ1) is 14.7. The topological polar surface area (TPSA) is 59.3 Å². The van der Waals surface area contributed by atoms with Crippen LogP contribution in [0.15, 0.2) is 60.7 Å². The molecule has 0 atom stereocenters. The van der Waals surface area contributed by atoms with Crippen LogP contribution in [0.4, 0.5) is 4.39 Å². The fourth-order valence-corrected chi connectivity index (χ4v) is 3.51. The molecule has 1 N–H and O–H groups in total. The second kappa shape index (κ2) is 8.12.